The molecule has 0 spiro atoms. The number of halogens is 1. The molecule has 1 aromatic heterocycles. The summed E-state index contributed by atoms with van der Waals surface area (Å²) in [5.74, 6) is 0. The molecule has 2 aromatic rings. The lowest BCUT2D eigenvalue weighted by molar-refractivity contribution is 0.202. The molecule has 0 bridgehead atoms. The predicted molar refractivity (Wildman–Crippen MR) is 81.0 cm³/mol. The minimum Gasteiger partial charge on any atom is -0.388 e. The van der Waals surface area contributed by atoms with Gasteiger partial charge < -0.3 is 10.0 Å². The van der Waals surface area contributed by atoms with E-state index < -0.39 is 6.10 Å². The average molecular weight is 297 g/mol. The summed E-state index contributed by atoms with van der Waals surface area (Å²) in [6, 6.07) is 7.80. The fourth-order valence-electron chi connectivity index (χ4n) is 1.92. The van der Waals surface area contributed by atoms with Crippen molar-refractivity contribution in [2.45, 2.75) is 26.5 Å². The van der Waals surface area contributed by atoms with E-state index in [0.717, 1.165) is 32.8 Å². The number of hydrogen-bond acceptors (Lipinski definition) is 4. The third-order valence-electron chi connectivity index (χ3n) is 2.84. The van der Waals surface area contributed by atoms with Crippen molar-refractivity contribution >= 4 is 28.1 Å². The summed E-state index contributed by atoms with van der Waals surface area (Å²) in [5, 5.41) is 11.3. The first-order valence-electron chi connectivity index (χ1n) is 6.08. The quantitative estimate of drug-likeness (QED) is 0.932. The van der Waals surface area contributed by atoms with Gasteiger partial charge >= 0.3 is 0 Å². The van der Waals surface area contributed by atoms with Crippen LogP contribution in [0.1, 0.15) is 29.2 Å². The Morgan fingerprint density at radius 2 is 2.21 bits per heavy atom. The second kappa shape index (κ2) is 5.90. The Morgan fingerprint density at radius 3 is 2.79 bits per heavy atom. The van der Waals surface area contributed by atoms with Crippen LogP contribution >= 0.6 is 22.9 Å². The van der Waals surface area contributed by atoms with Crippen LogP contribution < -0.4 is 4.90 Å². The predicted octanol–water partition coefficient (Wildman–Crippen LogP) is 3.79. The van der Waals surface area contributed by atoms with E-state index in [2.05, 4.69) is 9.88 Å². The summed E-state index contributed by atoms with van der Waals surface area (Å²) >= 11 is 7.51. The highest BCUT2D eigenvalue weighted by Gasteiger charge is 2.14. The van der Waals surface area contributed by atoms with Gasteiger partial charge in [-0.1, -0.05) is 35.1 Å². The SMILES string of the molecule is Cc1nc(N(C)Cc2cccc(Cl)c2)sc1C(C)O. The highest BCUT2D eigenvalue weighted by Crippen LogP contribution is 2.30. The lowest BCUT2D eigenvalue weighted by Crippen LogP contribution is -2.15. The monoisotopic (exact) mass is 296 g/mol. The van der Waals surface area contributed by atoms with E-state index in [0.29, 0.717) is 0 Å². The molecule has 0 aliphatic carbocycles. The molecule has 0 amide bonds. The number of hydrogen-bond donors (Lipinski definition) is 1. The summed E-state index contributed by atoms with van der Waals surface area (Å²) in [6.07, 6.45) is -0.467. The van der Waals surface area contributed by atoms with Gasteiger partial charge in [0.25, 0.3) is 0 Å². The normalized spacial score (nSPS) is 12.5. The van der Waals surface area contributed by atoms with E-state index in [1.165, 1.54) is 11.3 Å². The van der Waals surface area contributed by atoms with Crippen molar-refractivity contribution in [1.29, 1.82) is 0 Å². The molecule has 1 N–H and O–H groups in total. The number of benzene rings is 1. The van der Waals surface area contributed by atoms with E-state index in [1.807, 2.05) is 38.2 Å². The number of thiazole rings is 1. The summed E-state index contributed by atoms with van der Waals surface area (Å²) in [7, 11) is 1.99. The summed E-state index contributed by atoms with van der Waals surface area (Å²) in [6.45, 7) is 4.43. The van der Waals surface area contributed by atoms with Crippen LogP contribution in [0.15, 0.2) is 24.3 Å². The fraction of sp³-hybridized carbons (Fsp3) is 0.357. The molecule has 3 nitrogen and oxygen atoms in total. The van der Waals surface area contributed by atoms with Gasteiger partial charge in [0.05, 0.1) is 16.7 Å². The van der Waals surface area contributed by atoms with Crippen LogP contribution in [0.25, 0.3) is 0 Å². The highest BCUT2D eigenvalue weighted by molar-refractivity contribution is 7.15. The molecule has 5 heteroatoms. The second-order valence-electron chi connectivity index (χ2n) is 4.61. The Labute approximate surface area is 122 Å². The first-order valence-corrected chi connectivity index (χ1v) is 7.28. The van der Waals surface area contributed by atoms with Crippen molar-refractivity contribution in [3.05, 3.63) is 45.4 Å². The fourth-order valence-corrected chi connectivity index (χ4v) is 3.10. The summed E-state index contributed by atoms with van der Waals surface area (Å²) < 4.78 is 0. The second-order valence-corrected chi connectivity index (χ2v) is 6.05. The maximum absolute atomic E-state index is 9.66. The molecule has 0 fully saturated rings. The van der Waals surface area contributed by atoms with E-state index >= 15 is 0 Å². The van der Waals surface area contributed by atoms with E-state index in [9.17, 15) is 5.11 Å². The third kappa shape index (κ3) is 3.47. The maximum atomic E-state index is 9.66. The van der Waals surface area contributed by atoms with Gasteiger partial charge in [-0.25, -0.2) is 4.98 Å². The number of rotatable bonds is 4. The molecule has 2 rings (SSSR count). The molecule has 19 heavy (non-hydrogen) atoms. The van der Waals surface area contributed by atoms with Gasteiger partial charge in [0.1, 0.15) is 0 Å². The Hall–Kier alpha value is -1.10. The molecule has 102 valence electrons. The molecule has 0 aliphatic rings. The molecule has 1 aromatic carbocycles. The first kappa shape index (κ1) is 14.3. The smallest absolute Gasteiger partial charge is 0.185 e. The third-order valence-corrected chi connectivity index (χ3v) is 4.51. The van der Waals surface area contributed by atoms with Crippen LogP contribution in [0, 0.1) is 6.92 Å². The number of aliphatic hydroxyl groups is 1. The largest absolute Gasteiger partial charge is 0.388 e. The van der Waals surface area contributed by atoms with Gasteiger partial charge in [0.15, 0.2) is 5.13 Å². The zero-order chi connectivity index (χ0) is 14.0. The van der Waals surface area contributed by atoms with Crippen molar-refractivity contribution in [2.24, 2.45) is 0 Å². The van der Waals surface area contributed by atoms with Crippen LogP contribution in [0.2, 0.25) is 5.02 Å². The Morgan fingerprint density at radius 1 is 1.47 bits per heavy atom. The molecule has 1 unspecified atom stereocenters. The van der Waals surface area contributed by atoms with Gasteiger partial charge in [-0.15, -0.1) is 0 Å². The molecule has 0 saturated heterocycles. The van der Waals surface area contributed by atoms with Crippen LogP contribution in [0.4, 0.5) is 5.13 Å². The van der Waals surface area contributed by atoms with E-state index in [-0.39, 0.29) is 0 Å². The lowest BCUT2D eigenvalue weighted by atomic mass is 10.2. The number of anilines is 1. The van der Waals surface area contributed by atoms with Gasteiger partial charge in [0, 0.05) is 18.6 Å². The Bertz CT molecular complexity index is 568. The van der Waals surface area contributed by atoms with Crippen LogP contribution in [-0.4, -0.2) is 17.1 Å². The number of aryl methyl sites for hydroxylation is 1. The van der Waals surface area contributed by atoms with Crippen molar-refractivity contribution < 1.29 is 5.11 Å². The maximum Gasteiger partial charge on any atom is 0.185 e. The van der Waals surface area contributed by atoms with Crippen LogP contribution in [0.5, 0.6) is 0 Å². The van der Waals surface area contributed by atoms with E-state index in [4.69, 9.17) is 11.6 Å². The molecule has 0 radical (unpaired) electrons. The van der Waals surface area contributed by atoms with Crippen molar-refractivity contribution in [1.82, 2.24) is 4.98 Å². The Balaban J connectivity index is 2.16. The molecule has 1 atom stereocenters. The van der Waals surface area contributed by atoms with Gasteiger partial charge in [-0.05, 0) is 31.5 Å². The minimum absolute atomic E-state index is 0.467. The van der Waals surface area contributed by atoms with Crippen molar-refractivity contribution in [3.8, 4) is 0 Å². The van der Waals surface area contributed by atoms with Gasteiger partial charge in [0.2, 0.25) is 0 Å². The molecular formula is C14H17ClN2OS. The summed E-state index contributed by atoms with van der Waals surface area (Å²) in [4.78, 5) is 7.49. The Kier molecular flexibility index (Phi) is 4.45. The highest BCUT2D eigenvalue weighted by atomic mass is 35.5. The minimum atomic E-state index is -0.467. The topological polar surface area (TPSA) is 36.4 Å². The van der Waals surface area contributed by atoms with Crippen LogP contribution in [0.3, 0.4) is 0 Å². The molecular weight excluding hydrogens is 280 g/mol. The zero-order valence-electron chi connectivity index (χ0n) is 11.2. The number of aliphatic hydroxyl groups excluding tert-OH is 1. The standard InChI is InChI=1S/C14H17ClN2OS/c1-9-13(10(2)18)19-14(16-9)17(3)8-11-5-4-6-12(15)7-11/h4-7,10,18H,8H2,1-3H3. The number of aromatic nitrogens is 1. The molecule has 1 heterocycles. The number of nitrogens with zero attached hydrogens (tertiary/aromatic N) is 2. The first-order chi connectivity index (χ1) is 8.97. The lowest BCUT2D eigenvalue weighted by Gasteiger charge is -2.15. The van der Waals surface area contributed by atoms with Gasteiger partial charge in [-0.3, -0.25) is 0 Å². The van der Waals surface area contributed by atoms with Crippen molar-refractivity contribution in [3.63, 3.8) is 0 Å². The zero-order valence-corrected chi connectivity index (χ0v) is 12.8. The van der Waals surface area contributed by atoms with Gasteiger partial charge in [-0.2, -0.15) is 0 Å². The van der Waals surface area contributed by atoms with E-state index in [1.54, 1.807) is 6.92 Å². The van der Waals surface area contributed by atoms with Crippen LogP contribution in [-0.2, 0) is 6.54 Å². The van der Waals surface area contributed by atoms with Crippen molar-refractivity contribution in [2.75, 3.05) is 11.9 Å². The molecule has 0 aliphatic heterocycles. The molecule has 0 saturated carbocycles. The summed E-state index contributed by atoms with van der Waals surface area (Å²) in [5.41, 5.74) is 2.04. The average Bonchev–Trinajstić information content (AvgIpc) is 2.71.